The molecule has 3 aliphatic rings. The molecule has 1 aromatic rings. The normalized spacial score (nSPS) is 26.2. The van der Waals surface area contributed by atoms with Crippen molar-refractivity contribution in [2.75, 3.05) is 31.1 Å². The van der Waals surface area contributed by atoms with Crippen LogP contribution >= 0.6 is 0 Å². The van der Waals surface area contributed by atoms with Crippen molar-refractivity contribution in [2.24, 2.45) is 11.8 Å². The maximum absolute atomic E-state index is 13.0. The standard InChI is InChI=1S/C24H35N3O2/c28-23(25-21-7-3-1-4-8-21)19-11-13-20(14-12-19)24(29)27-17-15-26(16-18-27)22-9-5-2-6-10-22/h2,5-6,9-10,19-21H,1,3-4,7-8,11-18H2,(H,25,28). The van der Waals surface area contributed by atoms with Gasteiger partial charge in [0.05, 0.1) is 0 Å². The van der Waals surface area contributed by atoms with Crippen molar-refractivity contribution in [2.45, 2.75) is 63.8 Å². The number of para-hydroxylation sites is 1. The second-order valence-corrected chi connectivity index (χ2v) is 9.04. The third-order valence-corrected chi connectivity index (χ3v) is 7.11. The lowest BCUT2D eigenvalue weighted by Crippen LogP contribution is -2.51. The smallest absolute Gasteiger partial charge is 0.225 e. The summed E-state index contributed by atoms with van der Waals surface area (Å²) in [5.41, 5.74) is 1.24. The number of hydrogen-bond donors (Lipinski definition) is 1. The summed E-state index contributed by atoms with van der Waals surface area (Å²) in [6, 6.07) is 10.8. The lowest BCUT2D eigenvalue weighted by molar-refractivity contribution is -0.138. The number of amides is 2. The molecule has 0 radical (unpaired) electrons. The number of benzene rings is 1. The fourth-order valence-electron chi connectivity index (χ4n) is 5.25. The van der Waals surface area contributed by atoms with Crippen LogP contribution in [0.2, 0.25) is 0 Å². The maximum atomic E-state index is 13.0. The van der Waals surface area contributed by atoms with Gasteiger partial charge in [-0.2, -0.15) is 0 Å². The predicted molar refractivity (Wildman–Crippen MR) is 116 cm³/mol. The molecule has 2 aliphatic carbocycles. The molecule has 0 unspecified atom stereocenters. The van der Waals surface area contributed by atoms with Crippen LogP contribution in [0, 0.1) is 11.8 Å². The minimum absolute atomic E-state index is 0.107. The van der Waals surface area contributed by atoms with Crippen LogP contribution in [0.4, 0.5) is 5.69 Å². The van der Waals surface area contributed by atoms with E-state index in [2.05, 4.69) is 34.5 Å². The molecule has 29 heavy (non-hydrogen) atoms. The molecule has 0 bridgehead atoms. The fraction of sp³-hybridized carbons (Fsp3) is 0.667. The number of nitrogens with zero attached hydrogens (tertiary/aromatic N) is 2. The second-order valence-electron chi connectivity index (χ2n) is 9.04. The van der Waals surface area contributed by atoms with Crippen LogP contribution in [0.15, 0.2) is 30.3 Å². The zero-order valence-corrected chi connectivity index (χ0v) is 17.5. The van der Waals surface area contributed by atoms with Gasteiger partial charge in [0.2, 0.25) is 11.8 Å². The Morgan fingerprint density at radius 3 is 2.03 bits per heavy atom. The molecule has 3 fully saturated rings. The first kappa shape index (κ1) is 20.2. The van der Waals surface area contributed by atoms with E-state index in [9.17, 15) is 9.59 Å². The predicted octanol–water partition coefficient (Wildman–Crippen LogP) is 3.59. The summed E-state index contributed by atoms with van der Waals surface area (Å²) in [5.74, 6) is 0.760. The summed E-state index contributed by atoms with van der Waals surface area (Å²) in [6.07, 6.45) is 9.49. The topological polar surface area (TPSA) is 52.7 Å². The van der Waals surface area contributed by atoms with Crippen molar-refractivity contribution < 1.29 is 9.59 Å². The second kappa shape index (κ2) is 9.64. The third kappa shape index (κ3) is 5.12. The van der Waals surface area contributed by atoms with Crippen molar-refractivity contribution in [3.8, 4) is 0 Å². The highest BCUT2D eigenvalue weighted by Crippen LogP contribution is 2.31. The maximum Gasteiger partial charge on any atom is 0.225 e. The van der Waals surface area contributed by atoms with Gasteiger partial charge in [0.25, 0.3) is 0 Å². The molecule has 1 N–H and O–H groups in total. The van der Waals surface area contributed by atoms with E-state index in [-0.39, 0.29) is 17.7 Å². The fourth-order valence-corrected chi connectivity index (χ4v) is 5.25. The minimum atomic E-state index is 0.107. The molecule has 5 nitrogen and oxygen atoms in total. The Hall–Kier alpha value is -2.04. The molecule has 2 amide bonds. The molecule has 1 aliphatic heterocycles. The highest BCUT2D eigenvalue weighted by molar-refractivity contribution is 5.81. The van der Waals surface area contributed by atoms with Gasteiger partial charge in [0.15, 0.2) is 0 Å². The van der Waals surface area contributed by atoms with Gasteiger partial charge in [0.1, 0.15) is 0 Å². The van der Waals surface area contributed by atoms with E-state index in [4.69, 9.17) is 0 Å². The lowest BCUT2D eigenvalue weighted by Gasteiger charge is -2.38. The number of anilines is 1. The van der Waals surface area contributed by atoms with E-state index in [0.29, 0.717) is 11.9 Å². The lowest BCUT2D eigenvalue weighted by atomic mass is 9.80. The molecule has 0 aromatic heterocycles. The summed E-state index contributed by atoms with van der Waals surface area (Å²) in [5, 5.41) is 3.28. The highest BCUT2D eigenvalue weighted by atomic mass is 16.2. The summed E-state index contributed by atoms with van der Waals surface area (Å²) in [4.78, 5) is 30.0. The Labute approximate surface area is 174 Å². The number of rotatable bonds is 4. The summed E-state index contributed by atoms with van der Waals surface area (Å²) < 4.78 is 0. The van der Waals surface area contributed by atoms with Gasteiger partial charge >= 0.3 is 0 Å². The van der Waals surface area contributed by atoms with Gasteiger partial charge in [-0.25, -0.2) is 0 Å². The van der Waals surface area contributed by atoms with E-state index in [0.717, 1.165) is 64.7 Å². The van der Waals surface area contributed by atoms with Gasteiger partial charge in [0, 0.05) is 49.7 Å². The van der Waals surface area contributed by atoms with E-state index in [1.54, 1.807) is 0 Å². The number of carbonyl (C=O) groups excluding carboxylic acids is 2. The number of piperazine rings is 1. The third-order valence-electron chi connectivity index (χ3n) is 7.11. The summed E-state index contributed by atoms with van der Waals surface area (Å²) in [6.45, 7) is 3.40. The van der Waals surface area contributed by atoms with Gasteiger partial charge in [-0.3, -0.25) is 9.59 Å². The Morgan fingerprint density at radius 2 is 1.38 bits per heavy atom. The Balaban J connectivity index is 1.20. The van der Waals surface area contributed by atoms with E-state index >= 15 is 0 Å². The zero-order chi connectivity index (χ0) is 20.1. The molecule has 1 heterocycles. The molecule has 2 saturated carbocycles. The van der Waals surface area contributed by atoms with Crippen LogP contribution in [0.5, 0.6) is 0 Å². The number of carbonyl (C=O) groups is 2. The van der Waals surface area contributed by atoms with Crippen LogP contribution in [-0.4, -0.2) is 48.9 Å². The first-order chi connectivity index (χ1) is 14.2. The minimum Gasteiger partial charge on any atom is -0.368 e. The van der Waals surface area contributed by atoms with Gasteiger partial charge in [-0.05, 0) is 50.7 Å². The molecule has 1 aromatic carbocycles. The van der Waals surface area contributed by atoms with Crippen molar-refractivity contribution in [1.82, 2.24) is 10.2 Å². The summed E-state index contributed by atoms with van der Waals surface area (Å²) >= 11 is 0. The van der Waals surface area contributed by atoms with Crippen molar-refractivity contribution in [3.63, 3.8) is 0 Å². The van der Waals surface area contributed by atoms with Gasteiger partial charge in [-0.1, -0.05) is 37.5 Å². The van der Waals surface area contributed by atoms with Crippen LogP contribution < -0.4 is 10.2 Å². The first-order valence-electron chi connectivity index (χ1n) is 11.6. The molecule has 5 heteroatoms. The Morgan fingerprint density at radius 1 is 0.759 bits per heavy atom. The van der Waals surface area contributed by atoms with Crippen molar-refractivity contribution in [3.05, 3.63) is 30.3 Å². The van der Waals surface area contributed by atoms with Crippen LogP contribution in [0.3, 0.4) is 0 Å². The summed E-state index contributed by atoms with van der Waals surface area (Å²) in [7, 11) is 0. The zero-order valence-electron chi connectivity index (χ0n) is 17.5. The van der Waals surface area contributed by atoms with Crippen LogP contribution in [0.25, 0.3) is 0 Å². The quantitative estimate of drug-likeness (QED) is 0.845. The number of nitrogens with one attached hydrogen (secondary N) is 1. The molecule has 0 atom stereocenters. The average molecular weight is 398 g/mol. The van der Waals surface area contributed by atoms with Crippen molar-refractivity contribution in [1.29, 1.82) is 0 Å². The van der Waals surface area contributed by atoms with E-state index in [1.165, 1.54) is 24.9 Å². The molecule has 0 spiro atoms. The van der Waals surface area contributed by atoms with Crippen LogP contribution in [-0.2, 0) is 9.59 Å². The van der Waals surface area contributed by atoms with Crippen molar-refractivity contribution >= 4 is 17.5 Å². The molecule has 158 valence electrons. The monoisotopic (exact) mass is 397 g/mol. The Kier molecular flexibility index (Phi) is 6.73. The average Bonchev–Trinajstić information content (AvgIpc) is 2.80. The van der Waals surface area contributed by atoms with Gasteiger partial charge < -0.3 is 15.1 Å². The SMILES string of the molecule is O=C(NC1CCCCC1)C1CCC(C(=O)N2CCN(c3ccccc3)CC2)CC1. The first-order valence-corrected chi connectivity index (χ1v) is 11.6. The van der Waals surface area contributed by atoms with Crippen LogP contribution in [0.1, 0.15) is 57.8 Å². The highest BCUT2D eigenvalue weighted by Gasteiger charge is 2.33. The largest absolute Gasteiger partial charge is 0.368 e. The molecular weight excluding hydrogens is 362 g/mol. The Bertz CT molecular complexity index is 671. The van der Waals surface area contributed by atoms with E-state index < -0.39 is 0 Å². The molecule has 4 rings (SSSR count). The van der Waals surface area contributed by atoms with E-state index in [1.807, 2.05) is 11.0 Å². The molecular formula is C24H35N3O2. The van der Waals surface area contributed by atoms with Gasteiger partial charge in [-0.15, -0.1) is 0 Å². The number of hydrogen-bond acceptors (Lipinski definition) is 3. The molecule has 1 saturated heterocycles.